The molecule has 0 saturated heterocycles. The predicted octanol–water partition coefficient (Wildman–Crippen LogP) is 1.50. The number of nitrogens with zero attached hydrogens (tertiary/aromatic N) is 1. The van der Waals surface area contributed by atoms with E-state index in [9.17, 15) is 4.79 Å². The number of rotatable bonds is 5. The summed E-state index contributed by atoms with van der Waals surface area (Å²) in [5.74, 6) is -0.371. The second-order valence-corrected chi connectivity index (χ2v) is 3.81. The summed E-state index contributed by atoms with van der Waals surface area (Å²) < 4.78 is 5.26. The highest BCUT2D eigenvalue weighted by Gasteiger charge is 2.03. The molecule has 0 saturated carbocycles. The molecule has 1 rings (SSSR count). The van der Waals surface area contributed by atoms with Crippen LogP contribution in [0.25, 0.3) is 0 Å². The Morgan fingerprint density at radius 2 is 2.50 bits per heavy atom. The lowest BCUT2D eigenvalue weighted by molar-refractivity contribution is -0.165. The average molecular weight is 215 g/mol. The summed E-state index contributed by atoms with van der Waals surface area (Å²) in [4.78, 5) is 11.7. The SMILES string of the molecule is CC(=O)N(O)CCOCc1cccs1. The molecule has 0 radical (unpaired) electrons. The molecule has 1 amide bonds. The number of hydrogen-bond acceptors (Lipinski definition) is 4. The number of carbonyl (C=O) groups is 1. The van der Waals surface area contributed by atoms with Crippen molar-refractivity contribution in [2.75, 3.05) is 13.2 Å². The zero-order valence-corrected chi connectivity index (χ0v) is 8.79. The first kappa shape index (κ1) is 11.2. The molecule has 1 aromatic heterocycles. The summed E-state index contributed by atoms with van der Waals surface area (Å²) in [5.41, 5.74) is 0. The highest BCUT2D eigenvalue weighted by molar-refractivity contribution is 7.09. The maximum atomic E-state index is 10.6. The summed E-state index contributed by atoms with van der Waals surface area (Å²) >= 11 is 1.62. The number of carbonyl (C=O) groups excluding carboxylic acids is 1. The molecule has 0 atom stereocenters. The van der Waals surface area contributed by atoms with E-state index in [-0.39, 0.29) is 12.5 Å². The van der Waals surface area contributed by atoms with Crippen LogP contribution in [0.3, 0.4) is 0 Å². The van der Waals surface area contributed by atoms with Crippen molar-refractivity contribution in [2.45, 2.75) is 13.5 Å². The van der Waals surface area contributed by atoms with Crippen molar-refractivity contribution in [3.8, 4) is 0 Å². The molecule has 14 heavy (non-hydrogen) atoms. The number of hydroxylamine groups is 2. The Morgan fingerprint density at radius 1 is 1.71 bits per heavy atom. The number of hydrogen-bond donors (Lipinski definition) is 1. The summed E-state index contributed by atoms with van der Waals surface area (Å²) in [5, 5.41) is 11.6. The van der Waals surface area contributed by atoms with Gasteiger partial charge >= 0.3 is 0 Å². The summed E-state index contributed by atoms with van der Waals surface area (Å²) in [6, 6.07) is 3.93. The summed E-state index contributed by atoms with van der Waals surface area (Å²) in [7, 11) is 0. The van der Waals surface area contributed by atoms with Gasteiger partial charge in [0.2, 0.25) is 5.91 Å². The normalized spacial score (nSPS) is 10.1. The number of amides is 1. The van der Waals surface area contributed by atoms with Crippen molar-refractivity contribution >= 4 is 17.2 Å². The van der Waals surface area contributed by atoms with Crippen molar-refractivity contribution < 1.29 is 14.7 Å². The van der Waals surface area contributed by atoms with Crippen LogP contribution in [0.5, 0.6) is 0 Å². The van der Waals surface area contributed by atoms with Crippen LogP contribution in [0.1, 0.15) is 11.8 Å². The quantitative estimate of drug-likeness (QED) is 0.460. The molecule has 0 fully saturated rings. The molecular weight excluding hydrogens is 202 g/mol. The molecule has 5 heteroatoms. The molecule has 4 nitrogen and oxygen atoms in total. The van der Waals surface area contributed by atoms with Gasteiger partial charge in [-0.25, -0.2) is 5.06 Å². The Morgan fingerprint density at radius 3 is 3.07 bits per heavy atom. The zero-order valence-electron chi connectivity index (χ0n) is 7.97. The van der Waals surface area contributed by atoms with Crippen LogP contribution >= 0.6 is 11.3 Å². The maximum Gasteiger partial charge on any atom is 0.242 e. The Hall–Kier alpha value is -0.910. The Labute approximate surface area is 86.7 Å². The van der Waals surface area contributed by atoms with Crippen LogP contribution in [0.15, 0.2) is 17.5 Å². The van der Waals surface area contributed by atoms with Gasteiger partial charge in [-0.05, 0) is 11.4 Å². The average Bonchev–Trinajstić information content (AvgIpc) is 2.64. The van der Waals surface area contributed by atoms with E-state index >= 15 is 0 Å². The number of thiophene rings is 1. The lowest BCUT2D eigenvalue weighted by Crippen LogP contribution is -2.28. The van der Waals surface area contributed by atoms with Gasteiger partial charge < -0.3 is 4.74 Å². The topological polar surface area (TPSA) is 49.8 Å². The van der Waals surface area contributed by atoms with E-state index in [1.54, 1.807) is 11.3 Å². The first-order valence-corrected chi connectivity index (χ1v) is 5.15. The third kappa shape index (κ3) is 3.87. The van der Waals surface area contributed by atoms with Gasteiger partial charge in [0, 0.05) is 11.8 Å². The highest BCUT2D eigenvalue weighted by Crippen LogP contribution is 2.09. The van der Waals surface area contributed by atoms with Gasteiger partial charge in [0.25, 0.3) is 0 Å². The van der Waals surface area contributed by atoms with E-state index in [0.29, 0.717) is 18.3 Å². The highest BCUT2D eigenvalue weighted by atomic mass is 32.1. The lowest BCUT2D eigenvalue weighted by atomic mass is 10.5. The van der Waals surface area contributed by atoms with Crippen molar-refractivity contribution in [3.63, 3.8) is 0 Å². The Bertz CT molecular complexity index is 274. The van der Waals surface area contributed by atoms with E-state index in [1.165, 1.54) is 6.92 Å². The fourth-order valence-electron chi connectivity index (χ4n) is 0.876. The lowest BCUT2D eigenvalue weighted by Gasteiger charge is -2.11. The first-order chi connectivity index (χ1) is 6.70. The first-order valence-electron chi connectivity index (χ1n) is 4.27. The monoisotopic (exact) mass is 215 g/mol. The van der Waals surface area contributed by atoms with Crippen molar-refractivity contribution in [1.29, 1.82) is 0 Å². The minimum Gasteiger partial charge on any atom is -0.374 e. The molecule has 1 heterocycles. The zero-order chi connectivity index (χ0) is 10.4. The van der Waals surface area contributed by atoms with Crippen molar-refractivity contribution in [1.82, 2.24) is 5.06 Å². The minimum atomic E-state index is -0.371. The maximum absolute atomic E-state index is 10.6. The van der Waals surface area contributed by atoms with Crippen LogP contribution in [0.2, 0.25) is 0 Å². The largest absolute Gasteiger partial charge is 0.374 e. The molecule has 0 aliphatic heterocycles. The summed E-state index contributed by atoms with van der Waals surface area (Å²) in [6.07, 6.45) is 0. The molecule has 0 unspecified atom stereocenters. The van der Waals surface area contributed by atoms with Crippen LogP contribution in [0.4, 0.5) is 0 Å². The van der Waals surface area contributed by atoms with Crippen LogP contribution < -0.4 is 0 Å². The minimum absolute atomic E-state index is 0.209. The molecular formula is C9H13NO3S. The van der Waals surface area contributed by atoms with Gasteiger partial charge in [-0.3, -0.25) is 10.0 Å². The molecule has 0 aromatic carbocycles. The standard InChI is InChI=1S/C9H13NO3S/c1-8(11)10(12)4-5-13-7-9-3-2-6-14-9/h2-3,6,12H,4-5,7H2,1H3. The van der Waals surface area contributed by atoms with E-state index in [1.807, 2.05) is 17.5 Å². The van der Waals surface area contributed by atoms with Gasteiger partial charge in [0.1, 0.15) is 0 Å². The molecule has 1 aromatic rings. The van der Waals surface area contributed by atoms with E-state index in [0.717, 1.165) is 4.88 Å². The molecule has 78 valence electrons. The van der Waals surface area contributed by atoms with E-state index in [2.05, 4.69) is 0 Å². The molecule has 0 aliphatic carbocycles. The van der Waals surface area contributed by atoms with Gasteiger partial charge in [0.15, 0.2) is 0 Å². The predicted molar refractivity (Wildman–Crippen MR) is 53.1 cm³/mol. The van der Waals surface area contributed by atoms with Crippen molar-refractivity contribution in [2.24, 2.45) is 0 Å². The molecule has 0 spiro atoms. The fraction of sp³-hybridized carbons (Fsp3) is 0.444. The Balaban J connectivity index is 2.08. The Kier molecular flexibility index (Phi) is 4.58. The third-order valence-electron chi connectivity index (χ3n) is 1.64. The molecule has 0 bridgehead atoms. The molecule has 0 aliphatic rings. The van der Waals surface area contributed by atoms with Gasteiger partial charge in [-0.1, -0.05) is 6.07 Å². The third-order valence-corrected chi connectivity index (χ3v) is 2.49. The van der Waals surface area contributed by atoms with Gasteiger partial charge in [-0.2, -0.15) is 0 Å². The van der Waals surface area contributed by atoms with Crippen LogP contribution in [-0.2, 0) is 16.1 Å². The van der Waals surface area contributed by atoms with Crippen LogP contribution in [0, 0.1) is 0 Å². The van der Waals surface area contributed by atoms with Gasteiger partial charge in [-0.15, -0.1) is 11.3 Å². The summed E-state index contributed by atoms with van der Waals surface area (Å²) in [6.45, 7) is 2.39. The van der Waals surface area contributed by atoms with Crippen LogP contribution in [-0.4, -0.2) is 29.3 Å². The van der Waals surface area contributed by atoms with E-state index < -0.39 is 0 Å². The smallest absolute Gasteiger partial charge is 0.242 e. The second kappa shape index (κ2) is 5.74. The van der Waals surface area contributed by atoms with Gasteiger partial charge in [0.05, 0.1) is 19.8 Å². The van der Waals surface area contributed by atoms with Crippen molar-refractivity contribution in [3.05, 3.63) is 22.4 Å². The molecule has 1 N–H and O–H groups in total. The second-order valence-electron chi connectivity index (χ2n) is 2.77. The fourth-order valence-corrected chi connectivity index (χ4v) is 1.52. The van der Waals surface area contributed by atoms with E-state index in [4.69, 9.17) is 9.94 Å². The number of ether oxygens (including phenoxy) is 1.